The summed E-state index contributed by atoms with van der Waals surface area (Å²) in [5.41, 5.74) is 1.81. The Balaban J connectivity index is 1.56. The van der Waals surface area contributed by atoms with Crippen LogP contribution in [-0.2, 0) is 20.8 Å². The van der Waals surface area contributed by atoms with Crippen molar-refractivity contribution in [2.75, 3.05) is 46.0 Å². The van der Waals surface area contributed by atoms with Crippen LogP contribution in [0.1, 0.15) is 11.1 Å². The fraction of sp³-hybridized carbons (Fsp3) is 0.529. The van der Waals surface area contributed by atoms with Gasteiger partial charge in [0.15, 0.2) is 0 Å². The van der Waals surface area contributed by atoms with E-state index in [2.05, 4.69) is 11.0 Å². The van der Waals surface area contributed by atoms with E-state index in [1.54, 1.807) is 0 Å². The third-order valence-corrected chi connectivity index (χ3v) is 4.24. The van der Waals surface area contributed by atoms with Gasteiger partial charge in [0.1, 0.15) is 6.10 Å². The number of hydrogen-bond acceptors (Lipinski definition) is 5. The topological polar surface area (TPSA) is 65.8 Å². The molecule has 0 saturated carbocycles. The van der Waals surface area contributed by atoms with Gasteiger partial charge in [0.2, 0.25) is 0 Å². The Labute approximate surface area is 136 Å². The Hall–Kier alpha value is -1.94. The number of rotatable bonds is 3. The number of ether oxygens (including phenoxy) is 2. The van der Waals surface area contributed by atoms with Crippen molar-refractivity contribution < 1.29 is 14.3 Å². The molecule has 3 rings (SSSR count). The maximum atomic E-state index is 12.5. The van der Waals surface area contributed by atoms with Gasteiger partial charge in [0, 0.05) is 32.7 Å². The molecule has 23 heavy (non-hydrogen) atoms. The molecule has 122 valence electrons. The third-order valence-electron chi connectivity index (χ3n) is 4.24. The number of nitrogens with zero attached hydrogens (tertiary/aromatic N) is 3. The summed E-state index contributed by atoms with van der Waals surface area (Å²) in [5.74, 6) is 0.0674. The first-order valence-corrected chi connectivity index (χ1v) is 7.96. The predicted octanol–water partition coefficient (Wildman–Crippen LogP) is 0.618. The van der Waals surface area contributed by atoms with Crippen LogP contribution in [0.15, 0.2) is 24.3 Å². The molecule has 1 amide bonds. The van der Waals surface area contributed by atoms with E-state index >= 15 is 0 Å². The average molecular weight is 315 g/mol. The van der Waals surface area contributed by atoms with Gasteiger partial charge < -0.3 is 14.4 Å². The molecule has 6 heteroatoms. The van der Waals surface area contributed by atoms with Crippen molar-refractivity contribution in [2.24, 2.45) is 0 Å². The molecule has 2 saturated heterocycles. The molecule has 1 unspecified atom stereocenters. The second-order valence-electron chi connectivity index (χ2n) is 5.84. The Bertz CT molecular complexity index is 576. The second-order valence-corrected chi connectivity index (χ2v) is 5.84. The molecule has 2 fully saturated rings. The molecule has 2 aliphatic rings. The molecular weight excluding hydrogens is 294 g/mol. The van der Waals surface area contributed by atoms with Crippen molar-refractivity contribution in [1.29, 1.82) is 5.26 Å². The standard InChI is InChI=1S/C17H21N3O3/c18-11-14-1-3-15(4-2-14)12-19-5-10-23-16(13-19)17(21)20-6-8-22-9-7-20/h1-4,16H,5-10,12-13H2. The van der Waals surface area contributed by atoms with Crippen LogP contribution in [0.3, 0.4) is 0 Å². The number of carbonyl (C=O) groups is 1. The summed E-state index contributed by atoms with van der Waals surface area (Å²) in [6.07, 6.45) is -0.389. The number of nitriles is 1. The minimum Gasteiger partial charge on any atom is -0.378 e. The van der Waals surface area contributed by atoms with Crippen LogP contribution in [0.2, 0.25) is 0 Å². The van der Waals surface area contributed by atoms with E-state index < -0.39 is 0 Å². The van der Waals surface area contributed by atoms with Crippen LogP contribution in [0.5, 0.6) is 0 Å². The van der Waals surface area contributed by atoms with Crippen LogP contribution in [0.25, 0.3) is 0 Å². The van der Waals surface area contributed by atoms with Gasteiger partial charge in [-0.15, -0.1) is 0 Å². The molecule has 0 aromatic heterocycles. The highest BCUT2D eigenvalue weighted by molar-refractivity contribution is 5.81. The highest BCUT2D eigenvalue weighted by atomic mass is 16.5. The molecule has 1 aromatic rings. The zero-order valence-corrected chi connectivity index (χ0v) is 13.1. The van der Waals surface area contributed by atoms with Crippen LogP contribution >= 0.6 is 0 Å². The third kappa shape index (κ3) is 4.08. The lowest BCUT2D eigenvalue weighted by Gasteiger charge is -2.36. The molecule has 0 aliphatic carbocycles. The summed E-state index contributed by atoms with van der Waals surface area (Å²) < 4.78 is 11.0. The van der Waals surface area contributed by atoms with Crippen LogP contribution < -0.4 is 0 Å². The van der Waals surface area contributed by atoms with Gasteiger partial charge >= 0.3 is 0 Å². The van der Waals surface area contributed by atoms with E-state index in [4.69, 9.17) is 14.7 Å². The lowest BCUT2D eigenvalue weighted by Crippen LogP contribution is -2.53. The maximum Gasteiger partial charge on any atom is 0.253 e. The lowest BCUT2D eigenvalue weighted by atomic mass is 10.1. The lowest BCUT2D eigenvalue weighted by molar-refractivity contribution is -0.153. The molecule has 0 bridgehead atoms. The van der Waals surface area contributed by atoms with E-state index in [1.807, 2.05) is 29.2 Å². The molecule has 0 spiro atoms. The number of benzene rings is 1. The summed E-state index contributed by atoms with van der Waals surface area (Å²) >= 11 is 0. The highest BCUT2D eigenvalue weighted by Crippen LogP contribution is 2.14. The first kappa shape index (κ1) is 15.9. The van der Waals surface area contributed by atoms with Crippen LogP contribution in [-0.4, -0.2) is 67.8 Å². The van der Waals surface area contributed by atoms with Crippen molar-refractivity contribution in [3.05, 3.63) is 35.4 Å². The first-order valence-electron chi connectivity index (χ1n) is 7.96. The number of carbonyl (C=O) groups excluding carboxylic acids is 1. The first-order chi connectivity index (χ1) is 11.3. The van der Waals surface area contributed by atoms with Crippen molar-refractivity contribution in [3.63, 3.8) is 0 Å². The maximum absolute atomic E-state index is 12.5. The summed E-state index contributed by atoms with van der Waals surface area (Å²) in [6.45, 7) is 5.26. The number of hydrogen-bond donors (Lipinski definition) is 0. The fourth-order valence-corrected chi connectivity index (χ4v) is 2.93. The van der Waals surface area contributed by atoms with Crippen LogP contribution in [0, 0.1) is 11.3 Å². The molecular formula is C17H21N3O3. The van der Waals surface area contributed by atoms with E-state index in [9.17, 15) is 4.79 Å². The minimum atomic E-state index is -0.389. The molecule has 1 aromatic carbocycles. The van der Waals surface area contributed by atoms with Crippen molar-refractivity contribution >= 4 is 5.91 Å². The molecule has 2 heterocycles. The highest BCUT2D eigenvalue weighted by Gasteiger charge is 2.30. The van der Waals surface area contributed by atoms with Gasteiger partial charge in [-0.3, -0.25) is 9.69 Å². The number of amides is 1. The summed E-state index contributed by atoms with van der Waals surface area (Å²) in [6, 6.07) is 9.70. The van der Waals surface area contributed by atoms with E-state index in [0.29, 0.717) is 45.0 Å². The van der Waals surface area contributed by atoms with Gasteiger partial charge in [-0.05, 0) is 17.7 Å². The van der Waals surface area contributed by atoms with Crippen molar-refractivity contribution in [1.82, 2.24) is 9.80 Å². The fourth-order valence-electron chi connectivity index (χ4n) is 2.93. The Morgan fingerprint density at radius 1 is 1.17 bits per heavy atom. The van der Waals surface area contributed by atoms with Gasteiger partial charge in [0.05, 0.1) is 31.5 Å². The summed E-state index contributed by atoms with van der Waals surface area (Å²) in [7, 11) is 0. The zero-order chi connectivity index (χ0) is 16.1. The smallest absolute Gasteiger partial charge is 0.253 e. The van der Waals surface area contributed by atoms with Gasteiger partial charge in [-0.1, -0.05) is 12.1 Å². The number of morpholine rings is 2. The predicted molar refractivity (Wildman–Crippen MR) is 83.6 cm³/mol. The Morgan fingerprint density at radius 3 is 2.61 bits per heavy atom. The normalized spacial score (nSPS) is 22.6. The monoisotopic (exact) mass is 315 g/mol. The van der Waals surface area contributed by atoms with Crippen LogP contribution in [0.4, 0.5) is 0 Å². The average Bonchev–Trinajstić information content (AvgIpc) is 2.63. The Kier molecular flexibility index (Phi) is 5.23. The van der Waals surface area contributed by atoms with Gasteiger partial charge in [-0.25, -0.2) is 0 Å². The minimum absolute atomic E-state index is 0.0674. The van der Waals surface area contributed by atoms with Crippen molar-refractivity contribution in [2.45, 2.75) is 12.6 Å². The molecule has 0 N–H and O–H groups in total. The molecule has 6 nitrogen and oxygen atoms in total. The van der Waals surface area contributed by atoms with E-state index in [0.717, 1.165) is 18.7 Å². The zero-order valence-electron chi connectivity index (χ0n) is 13.1. The summed E-state index contributed by atoms with van der Waals surface area (Å²) in [4.78, 5) is 16.6. The van der Waals surface area contributed by atoms with E-state index in [-0.39, 0.29) is 12.0 Å². The van der Waals surface area contributed by atoms with Gasteiger partial charge in [0.25, 0.3) is 5.91 Å². The SMILES string of the molecule is N#Cc1ccc(CN2CCOC(C(=O)N3CCOCC3)C2)cc1. The molecule has 0 radical (unpaired) electrons. The van der Waals surface area contributed by atoms with E-state index in [1.165, 1.54) is 0 Å². The van der Waals surface area contributed by atoms with Gasteiger partial charge in [-0.2, -0.15) is 5.26 Å². The second kappa shape index (κ2) is 7.55. The largest absolute Gasteiger partial charge is 0.378 e. The Morgan fingerprint density at radius 2 is 1.91 bits per heavy atom. The molecule has 1 atom stereocenters. The van der Waals surface area contributed by atoms with Crippen molar-refractivity contribution in [3.8, 4) is 6.07 Å². The quantitative estimate of drug-likeness (QED) is 0.818. The summed E-state index contributed by atoms with van der Waals surface area (Å²) in [5, 5.41) is 8.84. The molecule has 2 aliphatic heterocycles.